The molecule has 0 bridgehead atoms. The van der Waals surface area contributed by atoms with Gasteiger partial charge in [-0.3, -0.25) is 0 Å². The smallest absolute Gasteiger partial charge is 0.183 e. The number of hydrogen-bond donors (Lipinski definition) is 1. The Morgan fingerprint density at radius 2 is 1.89 bits per heavy atom. The van der Waals surface area contributed by atoms with Gasteiger partial charge in [-0.15, -0.1) is 11.3 Å². The normalized spacial score (nSPS) is 22.2. The highest BCUT2D eigenvalue weighted by molar-refractivity contribution is 7.96. The average Bonchev–Trinajstić information content (AvgIpc) is 3.20. The van der Waals surface area contributed by atoms with Crippen molar-refractivity contribution in [2.45, 2.75) is 42.7 Å². The number of thiophene rings is 1. The molecule has 3 rings (SSSR count). The monoisotopic (exact) mass is 429 g/mol. The lowest BCUT2D eigenvalue weighted by molar-refractivity contribution is 0.242. The molecule has 0 amide bonds. The Hall–Kier alpha value is -1.42. The predicted molar refractivity (Wildman–Crippen MR) is 107 cm³/mol. The van der Waals surface area contributed by atoms with Crippen molar-refractivity contribution in [3.8, 4) is 5.75 Å². The molecule has 0 aliphatic carbocycles. The van der Waals surface area contributed by atoms with E-state index in [4.69, 9.17) is 4.74 Å². The SMILES string of the molecule is CC(C)Oc1ccc(S(=O)(=O)[C@H]2CS(=O)(=O)C[C@@H]2NCc2cccs2)cc1. The minimum absolute atomic E-state index is 0.0155. The average molecular weight is 430 g/mol. The maximum absolute atomic E-state index is 13.1. The first-order valence-electron chi connectivity index (χ1n) is 8.64. The van der Waals surface area contributed by atoms with Gasteiger partial charge in [0.1, 0.15) is 5.75 Å². The van der Waals surface area contributed by atoms with Crippen LogP contribution < -0.4 is 10.1 Å². The molecule has 2 atom stereocenters. The van der Waals surface area contributed by atoms with Gasteiger partial charge in [0.15, 0.2) is 19.7 Å². The predicted octanol–water partition coefficient (Wildman–Crippen LogP) is 2.26. The number of ether oxygens (including phenoxy) is 1. The summed E-state index contributed by atoms with van der Waals surface area (Å²) in [6.45, 7) is 4.22. The first-order valence-corrected chi connectivity index (χ1v) is 12.9. The van der Waals surface area contributed by atoms with Crippen LogP contribution in [0, 0.1) is 0 Å². The van der Waals surface area contributed by atoms with Crippen LogP contribution in [-0.2, 0) is 26.2 Å². The number of nitrogens with one attached hydrogen (secondary N) is 1. The second kappa shape index (κ2) is 7.90. The second-order valence-electron chi connectivity index (χ2n) is 6.87. The fourth-order valence-corrected chi connectivity index (χ4v) is 8.48. The Balaban J connectivity index is 1.81. The van der Waals surface area contributed by atoms with Crippen molar-refractivity contribution in [1.29, 1.82) is 0 Å². The fraction of sp³-hybridized carbons (Fsp3) is 0.444. The van der Waals surface area contributed by atoms with Gasteiger partial charge in [-0.05, 0) is 49.6 Å². The van der Waals surface area contributed by atoms with Gasteiger partial charge in [-0.2, -0.15) is 0 Å². The highest BCUT2D eigenvalue weighted by Gasteiger charge is 2.45. The summed E-state index contributed by atoms with van der Waals surface area (Å²) < 4.78 is 56.0. The molecule has 9 heteroatoms. The van der Waals surface area contributed by atoms with Gasteiger partial charge < -0.3 is 10.1 Å². The molecule has 2 aromatic rings. The number of benzene rings is 1. The third-order valence-corrected chi connectivity index (χ3v) is 9.38. The van der Waals surface area contributed by atoms with Crippen molar-refractivity contribution < 1.29 is 21.6 Å². The lowest BCUT2D eigenvalue weighted by Gasteiger charge is -2.20. The van der Waals surface area contributed by atoms with E-state index in [1.165, 1.54) is 12.1 Å². The molecule has 27 heavy (non-hydrogen) atoms. The molecular formula is C18H23NO5S3. The van der Waals surface area contributed by atoms with Gasteiger partial charge in [-0.25, -0.2) is 16.8 Å². The van der Waals surface area contributed by atoms with E-state index in [1.54, 1.807) is 23.5 Å². The lowest BCUT2D eigenvalue weighted by atomic mass is 10.2. The van der Waals surface area contributed by atoms with Gasteiger partial charge in [0.2, 0.25) is 0 Å². The second-order valence-corrected chi connectivity index (χ2v) is 12.2. The largest absolute Gasteiger partial charge is 0.491 e. The van der Waals surface area contributed by atoms with E-state index in [9.17, 15) is 16.8 Å². The van der Waals surface area contributed by atoms with Crippen molar-refractivity contribution in [3.05, 3.63) is 46.7 Å². The summed E-state index contributed by atoms with van der Waals surface area (Å²) >= 11 is 1.54. The molecule has 0 unspecified atom stereocenters. The van der Waals surface area contributed by atoms with Crippen molar-refractivity contribution in [2.75, 3.05) is 11.5 Å². The van der Waals surface area contributed by atoms with Crippen molar-refractivity contribution in [2.24, 2.45) is 0 Å². The summed E-state index contributed by atoms with van der Waals surface area (Å²) in [4.78, 5) is 1.15. The quantitative estimate of drug-likeness (QED) is 0.726. The molecule has 1 aliphatic heterocycles. The number of hydrogen-bond acceptors (Lipinski definition) is 7. The van der Waals surface area contributed by atoms with Crippen LogP contribution in [0.2, 0.25) is 0 Å². The molecule has 2 heterocycles. The van der Waals surface area contributed by atoms with E-state index >= 15 is 0 Å². The van der Waals surface area contributed by atoms with Crippen LogP contribution in [0.15, 0.2) is 46.7 Å². The zero-order chi connectivity index (χ0) is 19.7. The van der Waals surface area contributed by atoms with Crippen LogP contribution in [-0.4, -0.2) is 45.7 Å². The molecule has 1 aromatic carbocycles. The van der Waals surface area contributed by atoms with Gasteiger partial charge in [-0.1, -0.05) is 6.07 Å². The minimum Gasteiger partial charge on any atom is -0.491 e. The van der Waals surface area contributed by atoms with E-state index in [2.05, 4.69) is 5.32 Å². The Bertz CT molecular complexity index is 965. The summed E-state index contributed by atoms with van der Waals surface area (Å²) in [5.41, 5.74) is 0. The Morgan fingerprint density at radius 3 is 2.48 bits per heavy atom. The molecule has 1 aliphatic rings. The summed E-state index contributed by atoms with van der Waals surface area (Å²) in [6.07, 6.45) is -0.0155. The molecule has 1 aromatic heterocycles. The standard InChI is InChI=1S/C18H23NO5S3/c1-13(2)24-14-5-7-16(8-6-14)27(22,23)18-12-26(20,21)11-17(18)19-10-15-4-3-9-25-15/h3-9,13,17-19H,10-12H2,1-2H3/t17-,18-/m0/s1. The van der Waals surface area contributed by atoms with Crippen molar-refractivity contribution >= 4 is 31.0 Å². The summed E-state index contributed by atoms with van der Waals surface area (Å²) in [5, 5.41) is 4.06. The van der Waals surface area contributed by atoms with Crippen LogP contribution in [0.5, 0.6) is 5.75 Å². The fourth-order valence-electron chi connectivity index (χ4n) is 3.11. The number of sulfone groups is 2. The van der Waals surface area contributed by atoms with Crippen molar-refractivity contribution in [3.63, 3.8) is 0 Å². The molecule has 0 spiro atoms. The first-order chi connectivity index (χ1) is 12.7. The Morgan fingerprint density at radius 1 is 1.19 bits per heavy atom. The van der Waals surface area contributed by atoms with Crippen LogP contribution in [0.25, 0.3) is 0 Å². The van der Waals surface area contributed by atoms with Crippen LogP contribution in [0.3, 0.4) is 0 Å². The Labute approximate surface area is 164 Å². The molecule has 1 N–H and O–H groups in total. The lowest BCUT2D eigenvalue weighted by Crippen LogP contribution is -2.42. The molecule has 1 saturated heterocycles. The van der Waals surface area contributed by atoms with Crippen LogP contribution in [0.4, 0.5) is 0 Å². The van der Waals surface area contributed by atoms with E-state index in [-0.39, 0.29) is 22.5 Å². The van der Waals surface area contributed by atoms with E-state index in [0.29, 0.717) is 12.3 Å². The maximum Gasteiger partial charge on any atom is 0.183 e. The van der Waals surface area contributed by atoms with Crippen molar-refractivity contribution in [1.82, 2.24) is 5.32 Å². The summed E-state index contributed by atoms with van der Waals surface area (Å²) in [7, 11) is -7.20. The molecular weight excluding hydrogens is 406 g/mol. The zero-order valence-electron chi connectivity index (χ0n) is 15.2. The third-order valence-electron chi connectivity index (χ3n) is 4.34. The van der Waals surface area contributed by atoms with Gasteiger partial charge in [0.25, 0.3) is 0 Å². The highest BCUT2D eigenvalue weighted by Crippen LogP contribution is 2.28. The first kappa shape index (κ1) is 20.3. The van der Waals surface area contributed by atoms with Crippen LogP contribution >= 0.6 is 11.3 Å². The molecule has 6 nitrogen and oxygen atoms in total. The molecule has 0 radical (unpaired) electrons. The van der Waals surface area contributed by atoms with E-state index < -0.39 is 31.0 Å². The van der Waals surface area contributed by atoms with Gasteiger partial charge in [0.05, 0.1) is 27.8 Å². The highest BCUT2D eigenvalue weighted by atomic mass is 32.2. The van der Waals surface area contributed by atoms with Gasteiger partial charge in [0, 0.05) is 17.5 Å². The van der Waals surface area contributed by atoms with E-state index in [1.807, 2.05) is 31.4 Å². The topological polar surface area (TPSA) is 89.5 Å². The zero-order valence-corrected chi connectivity index (χ0v) is 17.6. The van der Waals surface area contributed by atoms with E-state index in [0.717, 1.165) is 4.88 Å². The molecule has 0 saturated carbocycles. The van der Waals surface area contributed by atoms with Crippen LogP contribution in [0.1, 0.15) is 18.7 Å². The Kier molecular flexibility index (Phi) is 5.95. The number of rotatable bonds is 7. The summed E-state index contributed by atoms with van der Waals surface area (Å²) in [5.74, 6) is 0.0498. The van der Waals surface area contributed by atoms with Gasteiger partial charge >= 0.3 is 0 Å². The maximum atomic E-state index is 13.1. The third kappa shape index (κ3) is 4.90. The molecule has 1 fully saturated rings. The summed E-state index contributed by atoms with van der Waals surface area (Å²) in [6, 6.07) is 9.37. The molecule has 148 valence electrons. The minimum atomic E-state index is -3.79.